The maximum Gasteiger partial charge on any atom is 0.237 e. The molecule has 0 fully saturated rings. The van der Waals surface area contributed by atoms with Gasteiger partial charge in [-0.2, -0.15) is 0 Å². The zero-order chi connectivity index (χ0) is 12.8. The van der Waals surface area contributed by atoms with E-state index in [4.69, 9.17) is 5.73 Å². The van der Waals surface area contributed by atoms with Crippen molar-refractivity contribution in [3.63, 3.8) is 0 Å². The first-order valence-corrected chi connectivity index (χ1v) is 6.26. The summed E-state index contributed by atoms with van der Waals surface area (Å²) in [6.07, 6.45) is 2.13. The maximum atomic E-state index is 11.7. The minimum Gasteiger partial charge on any atom is -0.348 e. The minimum absolute atomic E-state index is 0.0594. The molecule has 0 aliphatic heterocycles. The minimum atomic E-state index is -0.526. The summed E-state index contributed by atoms with van der Waals surface area (Å²) in [7, 11) is 0. The van der Waals surface area contributed by atoms with Gasteiger partial charge in [0.2, 0.25) is 5.91 Å². The van der Waals surface area contributed by atoms with Crippen molar-refractivity contribution in [3.05, 3.63) is 47.0 Å². The molecule has 0 aliphatic carbocycles. The largest absolute Gasteiger partial charge is 0.348 e. The van der Waals surface area contributed by atoms with Crippen LogP contribution in [0.5, 0.6) is 0 Å². The SMILES string of the molecule is C=CCC(N)C(=O)NC(C)c1cccc(Br)c1. The zero-order valence-corrected chi connectivity index (χ0v) is 11.4. The van der Waals surface area contributed by atoms with Gasteiger partial charge in [-0.05, 0) is 31.0 Å². The summed E-state index contributed by atoms with van der Waals surface area (Å²) >= 11 is 3.40. The van der Waals surface area contributed by atoms with Gasteiger partial charge in [-0.15, -0.1) is 6.58 Å². The standard InChI is InChI=1S/C13H17BrN2O/c1-3-5-12(15)13(17)16-9(2)10-6-4-7-11(14)8-10/h3-4,6-9,12H,1,5,15H2,2H3,(H,16,17). The first-order chi connectivity index (χ1) is 8.04. The van der Waals surface area contributed by atoms with E-state index in [9.17, 15) is 4.79 Å². The summed E-state index contributed by atoms with van der Waals surface area (Å²) in [6.45, 7) is 5.50. The lowest BCUT2D eigenvalue weighted by Gasteiger charge is -2.17. The van der Waals surface area contributed by atoms with Crippen LogP contribution >= 0.6 is 15.9 Å². The molecule has 2 atom stereocenters. The number of rotatable bonds is 5. The summed E-state index contributed by atoms with van der Waals surface area (Å²) in [4.78, 5) is 11.7. The molecule has 1 aromatic carbocycles. The highest BCUT2D eigenvalue weighted by atomic mass is 79.9. The van der Waals surface area contributed by atoms with E-state index in [1.807, 2.05) is 31.2 Å². The number of carbonyl (C=O) groups excluding carboxylic acids is 1. The van der Waals surface area contributed by atoms with Gasteiger partial charge >= 0.3 is 0 Å². The molecule has 0 aromatic heterocycles. The van der Waals surface area contributed by atoms with Crippen molar-refractivity contribution >= 4 is 21.8 Å². The number of benzene rings is 1. The van der Waals surface area contributed by atoms with Gasteiger partial charge in [-0.3, -0.25) is 4.79 Å². The van der Waals surface area contributed by atoms with Gasteiger partial charge in [0.15, 0.2) is 0 Å². The number of carbonyl (C=O) groups is 1. The van der Waals surface area contributed by atoms with Crippen molar-refractivity contribution in [2.24, 2.45) is 5.73 Å². The van der Waals surface area contributed by atoms with Gasteiger partial charge in [0.1, 0.15) is 0 Å². The number of nitrogens with one attached hydrogen (secondary N) is 1. The van der Waals surface area contributed by atoms with Crippen LogP contribution in [0, 0.1) is 0 Å². The Morgan fingerprint density at radius 2 is 2.35 bits per heavy atom. The molecule has 3 nitrogen and oxygen atoms in total. The Bertz CT molecular complexity index is 406. The molecule has 2 unspecified atom stereocenters. The van der Waals surface area contributed by atoms with Gasteiger partial charge in [0, 0.05) is 4.47 Å². The lowest BCUT2D eigenvalue weighted by Crippen LogP contribution is -2.41. The summed E-state index contributed by atoms with van der Waals surface area (Å²) < 4.78 is 0.992. The van der Waals surface area contributed by atoms with E-state index in [0.717, 1.165) is 10.0 Å². The fraction of sp³-hybridized carbons (Fsp3) is 0.308. The lowest BCUT2D eigenvalue weighted by molar-refractivity contribution is -0.122. The molecule has 1 amide bonds. The van der Waals surface area contributed by atoms with Crippen molar-refractivity contribution in [1.82, 2.24) is 5.32 Å². The molecule has 1 rings (SSSR count). The predicted molar refractivity (Wildman–Crippen MR) is 73.5 cm³/mol. The van der Waals surface area contributed by atoms with Crippen LogP contribution < -0.4 is 11.1 Å². The molecule has 3 N–H and O–H groups in total. The van der Waals surface area contributed by atoms with Gasteiger partial charge in [0.25, 0.3) is 0 Å². The molecule has 0 aliphatic rings. The quantitative estimate of drug-likeness (QED) is 0.821. The third-order valence-electron chi connectivity index (χ3n) is 2.46. The number of amides is 1. The van der Waals surface area contributed by atoms with E-state index in [1.54, 1.807) is 6.08 Å². The number of halogens is 1. The van der Waals surface area contributed by atoms with Gasteiger partial charge in [0.05, 0.1) is 12.1 Å². The highest BCUT2D eigenvalue weighted by Crippen LogP contribution is 2.17. The third-order valence-corrected chi connectivity index (χ3v) is 2.96. The highest BCUT2D eigenvalue weighted by molar-refractivity contribution is 9.10. The van der Waals surface area contributed by atoms with E-state index in [2.05, 4.69) is 27.8 Å². The van der Waals surface area contributed by atoms with Crippen LogP contribution in [0.15, 0.2) is 41.4 Å². The summed E-state index contributed by atoms with van der Waals surface area (Å²) in [5.74, 6) is -0.155. The molecule has 92 valence electrons. The van der Waals surface area contributed by atoms with Crippen molar-refractivity contribution in [1.29, 1.82) is 0 Å². The van der Waals surface area contributed by atoms with E-state index in [1.165, 1.54) is 0 Å². The molecule has 0 saturated carbocycles. The predicted octanol–water partition coefficient (Wildman–Crippen LogP) is 2.53. The first-order valence-electron chi connectivity index (χ1n) is 5.47. The van der Waals surface area contributed by atoms with Crippen molar-refractivity contribution in [2.75, 3.05) is 0 Å². The molecule has 17 heavy (non-hydrogen) atoms. The van der Waals surface area contributed by atoms with Crippen molar-refractivity contribution in [2.45, 2.75) is 25.4 Å². The highest BCUT2D eigenvalue weighted by Gasteiger charge is 2.15. The summed E-state index contributed by atoms with van der Waals surface area (Å²) in [5, 5.41) is 2.88. The van der Waals surface area contributed by atoms with Gasteiger partial charge in [-0.1, -0.05) is 34.1 Å². The monoisotopic (exact) mass is 296 g/mol. The summed E-state index contributed by atoms with van der Waals surface area (Å²) in [6, 6.07) is 7.24. The van der Waals surface area contributed by atoms with Crippen LogP contribution in [0.4, 0.5) is 0 Å². The van der Waals surface area contributed by atoms with E-state index < -0.39 is 6.04 Å². The Hall–Kier alpha value is -1.13. The number of hydrogen-bond acceptors (Lipinski definition) is 2. The number of hydrogen-bond donors (Lipinski definition) is 2. The molecule has 0 spiro atoms. The number of nitrogens with two attached hydrogens (primary N) is 1. The molecule has 0 heterocycles. The van der Waals surface area contributed by atoms with Crippen LogP contribution in [0.2, 0.25) is 0 Å². The van der Waals surface area contributed by atoms with Crippen molar-refractivity contribution in [3.8, 4) is 0 Å². The Labute approximate surface area is 110 Å². The van der Waals surface area contributed by atoms with Crippen LogP contribution in [0.25, 0.3) is 0 Å². The molecular formula is C13H17BrN2O. The lowest BCUT2D eigenvalue weighted by atomic mass is 10.1. The molecule has 1 aromatic rings. The van der Waals surface area contributed by atoms with Crippen molar-refractivity contribution < 1.29 is 4.79 Å². The van der Waals surface area contributed by atoms with Crippen LogP contribution in [0.3, 0.4) is 0 Å². The second kappa shape index (κ2) is 6.57. The first kappa shape index (κ1) is 13.9. The Kier molecular flexibility index (Phi) is 5.38. The molecule has 0 radical (unpaired) electrons. The second-order valence-corrected chi connectivity index (χ2v) is 4.83. The summed E-state index contributed by atoms with van der Waals surface area (Å²) in [5.41, 5.74) is 6.73. The van der Waals surface area contributed by atoms with Gasteiger partial charge < -0.3 is 11.1 Å². The Balaban J connectivity index is 2.63. The van der Waals surface area contributed by atoms with E-state index in [0.29, 0.717) is 6.42 Å². The molecular weight excluding hydrogens is 280 g/mol. The second-order valence-electron chi connectivity index (χ2n) is 3.92. The molecule has 0 saturated heterocycles. The smallest absolute Gasteiger partial charge is 0.237 e. The van der Waals surface area contributed by atoms with Crippen LogP contribution in [0.1, 0.15) is 24.9 Å². The Morgan fingerprint density at radius 3 is 2.94 bits per heavy atom. The average molecular weight is 297 g/mol. The Morgan fingerprint density at radius 1 is 1.65 bits per heavy atom. The van der Waals surface area contributed by atoms with E-state index >= 15 is 0 Å². The zero-order valence-electron chi connectivity index (χ0n) is 9.82. The van der Waals surface area contributed by atoms with Crippen LogP contribution in [-0.4, -0.2) is 11.9 Å². The molecule has 4 heteroatoms. The third kappa shape index (κ3) is 4.32. The van der Waals surface area contributed by atoms with Crippen LogP contribution in [-0.2, 0) is 4.79 Å². The van der Waals surface area contributed by atoms with Gasteiger partial charge in [-0.25, -0.2) is 0 Å². The van der Waals surface area contributed by atoms with E-state index in [-0.39, 0.29) is 11.9 Å². The fourth-order valence-corrected chi connectivity index (χ4v) is 1.88. The fourth-order valence-electron chi connectivity index (χ4n) is 1.47. The normalized spacial score (nSPS) is 13.8. The average Bonchev–Trinajstić information content (AvgIpc) is 2.29. The maximum absolute atomic E-state index is 11.7. The topological polar surface area (TPSA) is 55.1 Å². The molecule has 0 bridgehead atoms.